The van der Waals surface area contributed by atoms with Crippen LogP contribution >= 0.6 is 0 Å². The Hall–Kier alpha value is -0.610. The van der Waals surface area contributed by atoms with Crippen molar-refractivity contribution in [3.63, 3.8) is 0 Å². The molecule has 1 fully saturated rings. The molecule has 4 nitrogen and oxygen atoms in total. The quantitative estimate of drug-likeness (QED) is 0.695. The maximum atomic E-state index is 12.0. The number of aliphatic hydroxyl groups is 1. The van der Waals surface area contributed by atoms with Gasteiger partial charge in [-0.2, -0.15) is 0 Å². The highest BCUT2D eigenvalue weighted by Gasteiger charge is 2.24. The van der Waals surface area contributed by atoms with Crippen LogP contribution in [0.4, 0.5) is 0 Å². The Kier molecular flexibility index (Phi) is 5.65. The third-order valence-electron chi connectivity index (χ3n) is 2.78. The highest BCUT2D eigenvalue weighted by atomic mass is 16.3. The van der Waals surface area contributed by atoms with Gasteiger partial charge in [0, 0.05) is 13.1 Å². The number of rotatable bonds is 5. The number of amides is 1. The van der Waals surface area contributed by atoms with Crippen LogP contribution in [-0.2, 0) is 4.79 Å². The molecule has 4 heteroatoms. The number of nitrogens with one attached hydrogen (secondary N) is 1. The van der Waals surface area contributed by atoms with E-state index in [1.807, 2.05) is 6.92 Å². The zero-order valence-electron chi connectivity index (χ0n) is 9.54. The SMILES string of the molecule is CCCN(CCO)C(=O)[C@H]1CCCCN1. The monoisotopic (exact) mass is 214 g/mol. The van der Waals surface area contributed by atoms with Gasteiger partial charge >= 0.3 is 0 Å². The Morgan fingerprint density at radius 3 is 2.80 bits per heavy atom. The minimum absolute atomic E-state index is 0.0168. The summed E-state index contributed by atoms with van der Waals surface area (Å²) in [5.74, 6) is 0.158. The molecule has 0 unspecified atom stereocenters. The third-order valence-corrected chi connectivity index (χ3v) is 2.78. The smallest absolute Gasteiger partial charge is 0.239 e. The maximum absolute atomic E-state index is 12.0. The summed E-state index contributed by atoms with van der Waals surface area (Å²) < 4.78 is 0. The first-order chi connectivity index (χ1) is 7.29. The molecule has 1 aliphatic rings. The molecule has 0 aromatic rings. The summed E-state index contributed by atoms with van der Waals surface area (Å²) in [7, 11) is 0. The van der Waals surface area contributed by atoms with E-state index in [2.05, 4.69) is 5.32 Å². The Bertz CT molecular complexity index is 185. The fourth-order valence-electron chi connectivity index (χ4n) is 2.01. The van der Waals surface area contributed by atoms with Gasteiger partial charge in [0.15, 0.2) is 0 Å². The summed E-state index contributed by atoms with van der Waals surface area (Å²) in [6, 6.07) is -0.0168. The van der Waals surface area contributed by atoms with Gasteiger partial charge in [-0.15, -0.1) is 0 Å². The molecule has 1 rings (SSSR count). The summed E-state index contributed by atoms with van der Waals surface area (Å²) in [5, 5.41) is 12.1. The molecule has 0 spiro atoms. The molecular formula is C11H22N2O2. The molecule has 0 radical (unpaired) electrons. The van der Waals surface area contributed by atoms with Crippen molar-refractivity contribution in [1.82, 2.24) is 10.2 Å². The second-order valence-electron chi connectivity index (χ2n) is 4.05. The van der Waals surface area contributed by atoms with Crippen LogP contribution in [0.25, 0.3) is 0 Å². The maximum Gasteiger partial charge on any atom is 0.239 e. The predicted molar refractivity (Wildman–Crippen MR) is 59.6 cm³/mol. The van der Waals surface area contributed by atoms with Crippen LogP contribution in [0.1, 0.15) is 32.6 Å². The molecule has 0 bridgehead atoms. The summed E-state index contributed by atoms with van der Waals surface area (Å²) in [4.78, 5) is 13.8. The highest BCUT2D eigenvalue weighted by Crippen LogP contribution is 2.10. The van der Waals surface area contributed by atoms with Crippen molar-refractivity contribution in [2.24, 2.45) is 0 Å². The van der Waals surface area contributed by atoms with E-state index in [0.717, 1.165) is 38.8 Å². The first-order valence-corrected chi connectivity index (χ1v) is 5.92. The standard InChI is InChI=1S/C11H22N2O2/c1-2-7-13(8-9-14)11(15)10-5-3-4-6-12-10/h10,12,14H,2-9H2,1H3/t10-/m1/s1. The summed E-state index contributed by atoms with van der Waals surface area (Å²) in [5.41, 5.74) is 0. The number of hydrogen-bond acceptors (Lipinski definition) is 3. The second-order valence-corrected chi connectivity index (χ2v) is 4.05. The molecule has 1 atom stereocenters. The van der Waals surface area contributed by atoms with Crippen molar-refractivity contribution in [3.8, 4) is 0 Å². The largest absolute Gasteiger partial charge is 0.395 e. The second kappa shape index (κ2) is 6.80. The van der Waals surface area contributed by atoms with Crippen LogP contribution in [0.15, 0.2) is 0 Å². The third kappa shape index (κ3) is 3.80. The molecule has 0 saturated carbocycles. The zero-order chi connectivity index (χ0) is 11.1. The first kappa shape index (κ1) is 12.5. The summed E-state index contributed by atoms with van der Waals surface area (Å²) >= 11 is 0. The molecule has 0 aromatic heterocycles. The van der Waals surface area contributed by atoms with E-state index in [9.17, 15) is 4.79 Å². The van der Waals surface area contributed by atoms with Crippen molar-refractivity contribution in [2.45, 2.75) is 38.6 Å². The Balaban J connectivity index is 2.45. The van der Waals surface area contributed by atoms with Crippen LogP contribution < -0.4 is 5.32 Å². The lowest BCUT2D eigenvalue weighted by Gasteiger charge is -2.29. The van der Waals surface area contributed by atoms with Crippen LogP contribution in [0.3, 0.4) is 0 Å². The number of piperidine rings is 1. The fraction of sp³-hybridized carbons (Fsp3) is 0.909. The highest BCUT2D eigenvalue weighted by molar-refractivity contribution is 5.82. The average Bonchev–Trinajstić information content (AvgIpc) is 2.29. The van der Waals surface area contributed by atoms with Crippen molar-refractivity contribution in [1.29, 1.82) is 0 Å². The van der Waals surface area contributed by atoms with Crippen LogP contribution in [-0.4, -0.2) is 48.2 Å². The van der Waals surface area contributed by atoms with Gasteiger partial charge in [-0.05, 0) is 25.8 Å². The average molecular weight is 214 g/mol. The molecule has 0 aliphatic carbocycles. The topological polar surface area (TPSA) is 52.6 Å². The first-order valence-electron chi connectivity index (χ1n) is 5.92. The molecule has 1 heterocycles. The van der Waals surface area contributed by atoms with E-state index in [0.29, 0.717) is 6.54 Å². The molecule has 15 heavy (non-hydrogen) atoms. The van der Waals surface area contributed by atoms with Crippen LogP contribution in [0, 0.1) is 0 Å². The van der Waals surface area contributed by atoms with Crippen LogP contribution in [0.5, 0.6) is 0 Å². The molecule has 88 valence electrons. The number of aliphatic hydroxyl groups excluding tert-OH is 1. The van der Waals surface area contributed by atoms with Gasteiger partial charge in [0.25, 0.3) is 0 Å². The van der Waals surface area contributed by atoms with E-state index in [-0.39, 0.29) is 18.6 Å². The van der Waals surface area contributed by atoms with E-state index < -0.39 is 0 Å². The van der Waals surface area contributed by atoms with E-state index in [1.165, 1.54) is 0 Å². The predicted octanol–water partition coefficient (Wildman–Crippen LogP) is 0.359. The summed E-state index contributed by atoms with van der Waals surface area (Å²) in [6.45, 7) is 4.25. The fourth-order valence-corrected chi connectivity index (χ4v) is 2.01. The van der Waals surface area contributed by atoms with Crippen molar-refractivity contribution < 1.29 is 9.90 Å². The molecule has 1 aliphatic heterocycles. The number of carbonyl (C=O) groups excluding carboxylic acids is 1. The molecule has 1 saturated heterocycles. The minimum atomic E-state index is -0.0168. The van der Waals surface area contributed by atoms with Gasteiger partial charge in [-0.3, -0.25) is 4.79 Å². The lowest BCUT2D eigenvalue weighted by molar-refractivity contribution is -0.134. The van der Waals surface area contributed by atoms with Gasteiger partial charge in [-0.1, -0.05) is 13.3 Å². The van der Waals surface area contributed by atoms with Crippen molar-refractivity contribution >= 4 is 5.91 Å². The molecule has 2 N–H and O–H groups in total. The van der Waals surface area contributed by atoms with Crippen molar-refractivity contribution in [3.05, 3.63) is 0 Å². The number of hydrogen-bond donors (Lipinski definition) is 2. The van der Waals surface area contributed by atoms with Gasteiger partial charge < -0.3 is 15.3 Å². The van der Waals surface area contributed by atoms with Gasteiger partial charge in [0.2, 0.25) is 5.91 Å². The summed E-state index contributed by atoms with van der Waals surface area (Å²) in [6.07, 6.45) is 4.17. The number of nitrogens with zero attached hydrogens (tertiary/aromatic N) is 1. The Morgan fingerprint density at radius 2 is 2.27 bits per heavy atom. The molecular weight excluding hydrogens is 192 g/mol. The van der Waals surface area contributed by atoms with E-state index in [1.54, 1.807) is 4.90 Å². The molecule has 0 aromatic carbocycles. The zero-order valence-corrected chi connectivity index (χ0v) is 9.54. The van der Waals surface area contributed by atoms with E-state index in [4.69, 9.17) is 5.11 Å². The van der Waals surface area contributed by atoms with Crippen LogP contribution in [0.2, 0.25) is 0 Å². The number of carbonyl (C=O) groups is 1. The van der Waals surface area contributed by atoms with Gasteiger partial charge in [0.1, 0.15) is 0 Å². The van der Waals surface area contributed by atoms with E-state index >= 15 is 0 Å². The normalized spacial score (nSPS) is 21.3. The van der Waals surface area contributed by atoms with Gasteiger partial charge in [-0.25, -0.2) is 0 Å². The lowest BCUT2D eigenvalue weighted by atomic mass is 10.0. The van der Waals surface area contributed by atoms with Gasteiger partial charge in [0.05, 0.1) is 12.6 Å². The Labute approximate surface area is 91.6 Å². The lowest BCUT2D eigenvalue weighted by Crippen LogP contribution is -2.49. The van der Waals surface area contributed by atoms with Crippen molar-refractivity contribution in [2.75, 3.05) is 26.2 Å². The Morgan fingerprint density at radius 1 is 1.47 bits per heavy atom. The molecule has 1 amide bonds. The minimum Gasteiger partial charge on any atom is -0.395 e.